The van der Waals surface area contributed by atoms with Crippen molar-refractivity contribution in [2.24, 2.45) is 5.92 Å². The summed E-state index contributed by atoms with van der Waals surface area (Å²) in [5.41, 5.74) is 0.108. The van der Waals surface area contributed by atoms with E-state index in [1.807, 2.05) is 6.92 Å². The summed E-state index contributed by atoms with van der Waals surface area (Å²) in [5.74, 6) is -0.928. The maximum absolute atomic E-state index is 14.2. The number of hydrogen-bond donors (Lipinski definition) is 2. The van der Waals surface area contributed by atoms with E-state index in [1.54, 1.807) is 15.5 Å². The third-order valence-corrected chi connectivity index (χ3v) is 7.70. The lowest BCUT2D eigenvalue weighted by molar-refractivity contribution is -0.133. The first kappa shape index (κ1) is 26.2. The van der Waals surface area contributed by atoms with Gasteiger partial charge in [0.1, 0.15) is 17.1 Å². The highest BCUT2D eigenvalue weighted by molar-refractivity contribution is 6.14. The maximum Gasteiger partial charge on any atom is 0.273 e. The van der Waals surface area contributed by atoms with E-state index in [9.17, 15) is 18.8 Å². The Bertz CT molecular complexity index is 1150. The first-order valence-electron chi connectivity index (χ1n) is 13.3. The number of carbonyl (C=O) groups is 3. The van der Waals surface area contributed by atoms with Gasteiger partial charge in [0, 0.05) is 24.9 Å². The third-order valence-electron chi connectivity index (χ3n) is 7.70. The summed E-state index contributed by atoms with van der Waals surface area (Å²) < 4.78 is 16.0. The zero-order chi connectivity index (χ0) is 26.0. The summed E-state index contributed by atoms with van der Waals surface area (Å²) in [4.78, 5) is 41.7. The number of hydrogen-bond acceptors (Lipinski definition) is 3. The molecule has 7 nitrogen and oxygen atoms in total. The Hall–Kier alpha value is -2.90. The van der Waals surface area contributed by atoms with Crippen molar-refractivity contribution < 1.29 is 18.8 Å². The Balaban J connectivity index is 1.77. The van der Waals surface area contributed by atoms with Crippen molar-refractivity contribution in [3.05, 3.63) is 29.7 Å². The predicted octanol–water partition coefficient (Wildman–Crippen LogP) is 5.23. The van der Waals surface area contributed by atoms with Crippen LogP contribution in [-0.2, 0) is 16.1 Å². The van der Waals surface area contributed by atoms with Crippen LogP contribution in [-0.4, -0.2) is 45.3 Å². The van der Waals surface area contributed by atoms with E-state index in [2.05, 4.69) is 24.5 Å². The van der Waals surface area contributed by atoms with Gasteiger partial charge in [0.15, 0.2) is 0 Å². The second-order valence-electron chi connectivity index (χ2n) is 11.1. The molecule has 1 aromatic carbocycles. The Labute approximate surface area is 212 Å². The number of nitrogens with one attached hydrogen (secondary N) is 2. The molecular weight excluding hydrogens is 459 g/mol. The van der Waals surface area contributed by atoms with Crippen LogP contribution >= 0.6 is 0 Å². The molecular formula is C28H39FN4O3. The van der Waals surface area contributed by atoms with E-state index < -0.39 is 11.4 Å². The number of rotatable bonds is 6. The molecule has 2 aliphatic rings. The van der Waals surface area contributed by atoms with Gasteiger partial charge in [-0.2, -0.15) is 0 Å². The van der Waals surface area contributed by atoms with Crippen LogP contribution in [0.5, 0.6) is 0 Å². The van der Waals surface area contributed by atoms with E-state index in [1.165, 1.54) is 38.3 Å². The molecule has 1 atom stereocenters. The Kier molecular flexibility index (Phi) is 7.71. The van der Waals surface area contributed by atoms with Gasteiger partial charge < -0.3 is 20.1 Å². The zero-order valence-corrected chi connectivity index (χ0v) is 22.0. The van der Waals surface area contributed by atoms with Gasteiger partial charge in [-0.05, 0) is 50.3 Å². The molecule has 0 saturated heterocycles. The van der Waals surface area contributed by atoms with Crippen LogP contribution in [0.15, 0.2) is 18.2 Å². The lowest BCUT2D eigenvalue weighted by Gasteiger charge is -2.45. The molecule has 0 bridgehead atoms. The van der Waals surface area contributed by atoms with Crippen LogP contribution in [0.3, 0.4) is 0 Å². The van der Waals surface area contributed by atoms with Crippen LogP contribution in [0.1, 0.15) is 89.5 Å². The second-order valence-corrected chi connectivity index (χ2v) is 11.1. The average molecular weight is 499 g/mol. The molecule has 1 saturated carbocycles. The molecule has 0 unspecified atom stereocenters. The summed E-state index contributed by atoms with van der Waals surface area (Å²) in [6.45, 7) is 8.02. The van der Waals surface area contributed by atoms with Gasteiger partial charge in [-0.3, -0.25) is 14.4 Å². The molecule has 1 aromatic heterocycles. The van der Waals surface area contributed by atoms with E-state index in [0.29, 0.717) is 34.7 Å². The van der Waals surface area contributed by atoms with Crippen LogP contribution in [0, 0.1) is 11.7 Å². The maximum atomic E-state index is 14.2. The molecule has 8 heteroatoms. The van der Waals surface area contributed by atoms with Crippen LogP contribution in [0.4, 0.5) is 10.1 Å². The monoisotopic (exact) mass is 498 g/mol. The molecule has 1 aliphatic carbocycles. The Morgan fingerprint density at radius 3 is 2.44 bits per heavy atom. The number of fused-ring (bicyclic) bond motifs is 3. The molecule has 196 valence electrons. The molecule has 36 heavy (non-hydrogen) atoms. The lowest BCUT2D eigenvalue weighted by Crippen LogP contribution is -2.65. The highest BCUT2D eigenvalue weighted by Gasteiger charge is 2.49. The smallest absolute Gasteiger partial charge is 0.273 e. The van der Waals surface area contributed by atoms with Gasteiger partial charge in [0.25, 0.3) is 5.91 Å². The summed E-state index contributed by atoms with van der Waals surface area (Å²) in [6, 6.07) is 4.39. The molecule has 2 heterocycles. The summed E-state index contributed by atoms with van der Waals surface area (Å²) in [6.07, 6.45) is 8.44. The van der Waals surface area contributed by atoms with Crippen LogP contribution < -0.4 is 10.6 Å². The number of aromatic nitrogens is 1. The average Bonchev–Trinajstić information content (AvgIpc) is 3.06. The predicted molar refractivity (Wildman–Crippen MR) is 139 cm³/mol. The standard InChI is InChI=1S/C28H39FN4O3/c1-18(2)14-15-33-26(35)25-24(30-19(3)34)22-16-20(29)12-13-23(22)32(25)17-28(33,4)27(36)31-21-10-8-6-5-7-9-11-21/h12-13,16,18,21H,5-11,14-15,17H2,1-4H3,(H,30,34)(H,31,36)/t28-/m1/s1. The molecule has 1 fully saturated rings. The van der Waals surface area contributed by atoms with Gasteiger partial charge in [0.05, 0.1) is 17.7 Å². The minimum Gasteiger partial charge on any atom is -0.351 e. The fraction of sp³-hybridized carbons (Fsp3) is 0.607. The van der Waals surface area contributed by atoms with Gasteiger partial charge >= 0.3 is 0 Å². The fourth-order valence-electron chi connectivity index (χ4n) is 5.63. The van der Waals surface area contributed by atoms with Crippen LogP contribution in [0.25, 0.3) is 10.9 Å². The number of nitrogens with zero attached hydrogens (tertiary/aromatic N) is 2. The molecule has 4 rings (SSSR count). The first-order chi connectivity index (χ1) is 17.1. The molecule has 0 spiro atoms. The number of carbonyl (C=O) groups excluding carboxylic acids is 3. The Morgan fingerprint density at radius 1 is 1.14 bits per heavy atom. The van der Waals surface area contributed by atoms with Gasteiger partial charge in [-0.15, -0.1) is 0 Å². The lowest BCUT2D eigenvalue weighted by atomic mass is 9.91. The Morgan fingerprint density at radius 2 is 1.81 bits per heavy atom. The molecule has 2 N–H and O–H groups in total. The highest BCUT2D eigenvalue weighted by Crippen LogP contribution is 2.39. The van der Waals surface area contributed by atoms with Crippen molar-refractivity contribution in [3.63, 3.8) is 0 Å². The van der Waals surface area contributed by atoms with E-state index in [-0.39, 0.29) is 30.3 Å². The highest BCUT2D eigenvalue weighted by atomic mass is 19.1. The summed E-state index contributed by atoms with van der Waals surface area (Å²) in [7, 11) is 0. The van der Waals surface area contributed by atoms with Crippen molar-refractivity contribution in [2.75, 3.05) is 11.9 Å². The van der Waals surface area contributed by atoms with Crippen molar-refractivity contribution in [1.29, 1.82) is 0 Å². The fourth-order valence-corrected chi connectivity index (χ4v) is 5.63. The van der Waals surface area contributed by atoms with E-state index >= 15 is 0 Å². The SMILES string of the molecule is CC(=O)Nc1c2n(c3ccc(F)cc13)C[C@](C)(C(=O)NC1CCCCCCC1)N(CCC(C)C)C2=O. The second kappa shape index (κ2) is 10.6. The third kappa shape index (κ3) is 5.13. The minimum atomic E-state index is -1.12. The summed E-state index contributed by atoms with van der Waals surface area (Å²) >= 11 is 0. The van der Waals surface area contributed by atoms with Crippen molar-refractivity contribution in [3.8, 4) is 0 Å². The summed E-state index contributed by atoms with van der Waals surface area (Å²) in [5, 5.41) is 6.51. The quantitative estimate of drug-likeness (QED) is 0.572. The normalized spacial score (nSPS) is 21.3. The molecule has 0 radical (unpaired) electrons. The molecule has 3 amide bonds. The number of benzene rings is 1. The van der Waals surface area contributed by atoms with Gasteiger partial charge in [0.2, 0.25) is 11.8 Å². The first-order valence-corrected chi connectivity index (χ1v) is 13.3. The number of amides is 3. The topological polar surface area (TPSA) is 83.4 Å². The molecule has 1 aliphatic heterocycles. The van der Waals surface area contributed by atoms with Crippen molar-refractivity contribution in [1.82, 2.24) is 14.8 Å². The number of halogens is 1. The van der Waals surface area contributed by atoms with E-state index in [0.717, 1.165) is 32.1 Å². The van der Waals surface area contributed by atoms with E-state index in [4.69, 9.17) is 0 Å². The minimum absolute atomic E-state index is 0.100. The van der Waals surface area contributed by atoms with Crippen molar-refractivity contribution in [2.45, 2.75) is 97.2 Å². The number of anilines is 1. The largest absolute Gasteiger partial charge is 0.351 e. The molecule has 2 aromatic rings. The zero-order valence-electron chi connectivity index (χ0n) is 22.0. The van der Waals surface area contributed by atoms with Crippen molar-refractivity contribution >= 4 is 34.3 Å². The van der Waals surface area contributed by atoms with Gasteiger partial charge in [-0.1, -0.05) is 46.0 Å². The van der Waals surface area contributed by atoms with Gasteiger partial charge in [-0.25, -0.2) is 4.39 Å². The van der Waals surface area contributed by atoms with Crippen LogP contribution in [0.2, 0.25) is 0 Å².